The van der Waals surface area contributed by atoms with Crippen molar-refractivity contribution in [2.75, 3.05) is 6.61 Å². The zero-order chi connectivity index (χ0) is 5.11. The van der Waals surface area contributed by atoms with Gasteiger partial charge in [-0.3, -0.25) is 0 Å². The van der Waals surface area contributed by atoms with E-state index in [2.05, 4.69) is 6.08 Å². The average molecular weight is 90.1 g/mol. The van der Waals surface area contributed by atoms with Gasteiger partial charge in [-0.15, -0.1) is 0 Å². The summed E-state index contributed by atoms with van der Waals surface area (Å²) >= 11 is 2.00. The summed E-state index contributed by atoms with van der Waals surface area (Å²) in [6.07, 6.45) is 4.52. The van der Waals surface area contributed by atoms with Crippen molar-refractivity contribution in [1.29, 1.82) is 0 Å². The molecule has 7 heavy (non-hydrogen) atoms. The van der Waals surface area contributed by atoms with E-state index in [1.54, 1.807) is 0 Å². The Hall–Kier alpha value is 0.137. The van der Waals surface area contributed by atoms with Gasteiger partial charge >= 0.3 is 52.4 Å². The molecule has 34 valence electrons. The molecule has 0 aromatic heterocycles. The predicted molar refractivity (Wildman–Crippen MR) is 29.0 cm³/mol. The third kappa shape index (κ3) is 1.59. The Bertz CT molecular complexity index is 88.1. The van der Waals surface area contributed by atoms with Gasteiger partial charge in [0.25, 0.3) is 0 Å². The molecule has 0 N–H and O–H groups in total. The van der Waals surface area contributed by atoms with E-state index < -0.39 is 0 Å². The first kappa shape index (κ1) is 5.28. The van der Waals surface area contributed by atoms with E-state index in [0.29, 0.717) is 0 Å². The van der Waals surface area contributed by atoms with E-state index in [4.69, 9.17) is 4.74 Å². The topological polar surface area (TPSA) is 9.23 Å². The summed E-state index contributed by atoms with van der Waals surface area (Å²) in [7, 11) is 0. The summed E-state index contributed by atoms with van der Waals surface area (Å²) in [5, 5.41) is 0. The quantitative estimate of drug-likeness (QED) is 0.400. The van der Waals surface area contributed by atoms with Gasteiger partial charge in [-0.05, 0) is 0 Å². The van der Waals surface area contributed by atoms with Crippen molar-refractivity contribution >= 4 is 17.7 Å². The Balaban J connectivity index is 2.40. The van der Waals surface area contributed by atoms with E-state index in [1.165, 1.54) is 12.8 Å². The van der Waals surface area contributed by atoms with Crippen LogP contribution in [0.1, 0.15) is 12.8 Å². The maximum atomic E-state index is 5.14. The SMILES string of the molecule is [Li][C]1=CCCCO1. The first-order chi connectivity index (χ1) is 3.39. The number of hydrogen-bond acceptors (Lipinski definition) is 1. The van der Waals surface area contributed by atoms with Crippen molar-refractivity contribution in [3.63, 3.8) is 0 Å². The van der Waals surface area contributed by atoms with Gasteiger partial charge in [0.2, 0.25) is 0 Å². The minimum absolute atomic E-state index is 0.919. The fraction of sp³-hybridized carbons (Fsp3) is 0.600. The molecule has 0 aliphatic carbocycles. The second-order valence-electron chi connectivity index (χ2n) is 1.81. The molecule has 0 spiro atoms. The molecule has 0 fully saturated rings. The van der Waals surface area contributed by atoms with Crippen LogP contribution in [0, 0.1) is 0 Å². The molecule has 0 saturated heterocycles. The van der Waals surface area contributed by atoms with Crippen molar-refractivity contribution < 1.29 is 4.74 Å². The molecule has 0 aromatic carbocycles. The molecule has 0 unspecified atom stereocenters. The third-order valence-electron chi connectivity index (χ3n) is 1.11. The number of allylic oxidation sites excluding steroid dienone is 1. The van der Waals surface area contributed by atoms with Gasteiger partial charge in [-0.2, -0.15) is 0 Å². The molecule has 0 aromatic rings. The Morgan fingerprint density at radius 2 is 2.57 bits per heavy atom. The molecule has 0 atom stereocenters. The van der Waals surface area contributed by atoms with Crippen LogP contribution in [0.4, 0.5) is 0 Å². The second kappa shape index (κ2) is 2.45. The Labute approximate surface area is 52.9 Å². The van der Waals surface area contributed by atoms with E-state index >= 15 is 0 Å². The van der Waals surface area contributed by atoms with Crippen molar-refractivity contribution in [2.45, 2.75) is 12.8 Å². The summed E-state index contributed by atoms with van der Waals surface area (Å²) in [5.74, 6) is 0. The summed E-state index contributed by atoms with van der Waals surface area (Å²) in [4.78, 5) is 0. The summed E-state index contributed by atoms with van der Waals surface area (Å²) < 4.78 is 6.23. The van der Waals surface area contributed by atoms with Gasteiger partial charge in [0, 0.05) is 0 Å². The number of rotatable bonds is 0. The van der Waals surface area contributed by atoms with Crippen molar-refractivity contribution in [2.24, 2.45) is 0 Å². The van der Waals surface area contributed by atoms with Crippen molar-refractivity contribution in [3.8, 4) is 0 Å². The summed E-state index contributed by atoms with van der Waals surface area (Å²) in [6, 6.07) is 0. The minimum atomic E-state index is 0.919. The third-order valence-corrected chi connectivity index (χ3v) is 1.11. The Morgan fingerprint density at radius 3 is 2.86 bits per heavy atom. The molecule has 0 saturated carbocycles. The van der Waals surface area contributed by atoms with Crippen LogP contribution in [0.5, 0.6) is 0 Å². The zero-order valence-corrected chi connectivity index (χ0v) is 4.61. The van der Waals surface area contributed by atoms with Crippen LogP contribution in [0.2, 0.25) is 0 Å². The molecular weight excluding hydrogens is 83.0 g/mol. The first-order valence-corrected chi connectivity index (χ1v) is 2.69. The van der Waals surface area contributed by atoms with Crippen molar-refractivity contribution in [1.82, 2.24) is 0 Å². The van der Waals surface area contributed by atoms with Crippen LogP contribution in [-0.4, -0.2) is 24.3 Å². The normalized spacial score (nSPS) is 20.6. The molecule has 1 aliphatic heterocycles. The van der Waals surface area contributed by atoms with Gasteiger partial charge in [-0.25, -0.2) is 0 Å². The molecule has 0 radical (unpaired) electrons. The Morgan fingerprint density at radius 1 is 1.71 bits per heavy atom. The monoisotopic (exact) mass is 90.1 g/mol. The van der Waals surface area contributed by atoms with E-state index in [0.717, 1.165) is 11.0 Å². The molecule has 1 rings (SSSR count). The second-order valence-corrected chi connectivity index (χ2v) is 1.81. The standard InChI is InChI=1S/C5H7O.Li/c1-2-4-6-5-3-1;/h2H,1,3,5H2;. The van der Waals surface area contributed by atoms with E-state index in [9.17, 15) is 0 Å². The molecule has 1 nitrogen and oxygen atoms in total. The van der Waals surface area contributed by atoms with Crippen molar-refractivity contribution in [3.05, 3.63) is 10.5 Å². The van der Waals surface area contributed by atoms with Crippen LogP contribution >= 0.6 is 0 Å². The summed E-state index contributed by atoms with van der Waals surface area (Å²) in [5.41, 5.74) is 0. The number of ether oxygens (including phenoxy) is 1. The fourth-order valence-electron chi connectivity index (χ4n) is 0.681. The Kier molecular flexibility index (Phi) is 1.84. The van der Waals surface area contributed by atoms with Gasteiger partial charge in [0.15, 0.2) is 0 Å². The van der Waals surface area contributed by atoms with Crippen LogP contribution < -0.4 is 0 Å². The van der Waals surface area contributed by atoms with E-state index in [-0.39, 0.29) is 0 Å². The summed E-state index contributed by atoms with van der Waals surface area (Å²) in [6.45, 7) is 0.919. The molecular formula is C5H7LiO. The molecule has 0 bridgehead atoms. The first-order valence-electron chi connectivity index (χ1n) is 2.69. The van der Waals surface area contributed by atoms with Crippen LogP contribution in [0.25, 0.3) is 0 Å². The maximum absolute atomic E-state index is 5.14. The average Bonchev–Trinajstić information content (AvgIpc) is 1.69. The van der Waals surface area contributed by atoms with E-state index in [1.807, 2.05) is 17.7 Å². The molecule has 1 heterocycles. The predicted octanol–water partition coefficient (Wildman–Crippen LogP) is 0.807. The zero-order valence-electron chi connectivity index (χ0n) is 4.61. The molecule has 2 heteroatoms. The van der Waals surface area contributed by atoms with Crippen LogP contribution in [0.3, 0.4) is 0 Å². The molecule has 1 aliphatic rings. The fourth-order valence-corrected chi connectivity index (χ4v) is 0.681. The van der Waals surface area contributed by atoms with Gasteiger partial charge in [0.05, 0.1) is 0 Å². The molecule has 0 amide bonds. The van der Waals surface area contributed by atoms with Gasteiger partial charge in [0.1, 0.15) is 0 Å². The number of hydrogen-bond donors (Lipinski definition) is 0. The van der Waals surface area contributed by atoms with Crippen LogP contribution in [0.15, 0.2) is 10.5 Å². The van der Waals surface area contributed by atoms with Gasteiger partial charge < -0.3 is 0 Å². The van der Waals surface area contributed by atoms with Crippen LogP contribution in [-0.2, 0) is 4.74 Å². The van der Waals surface area contributed by atoms with Gasteiger partial charge in [-0.1, -0.05) is 0 Å².